The number of likely N-dealkylation sites (tertiary alicyclic amines) is 1. The standard InChI is InChI=1S/C15H31N3O2S/c1-12(2)20-10-9-18-7-4-13(5-8-18)17-15(19)14(16)6-11-21-3/h12-14H,4-11,16H2,1-3H3,(H,17,19)/t14-/m0/s1. The van der Waals surface area contributed by atoms with Crippen molar-refractivity contribution in [2.24, 2.45) is 5.73 Å². The van der Waals surface area contributed by atoms with Gasteiger partial charge in [0.2, 0.25) is 5.91 Å². The van der Waals surface area contributed by atoms with Gasteiger partial charge in [-0.05, 0) is 45.1 Å². The zero-order valence-electron chi connectivity index (χ0n) is 13.6. The highest BCUT2D eigenvalue weighted by molar-refractivity contribution is 7.98. The van der Waals surface area contributed by atoms with Crippen LogP contribution in [0, 0.1) is 0 Å². The van der Waals surface area contributed by atoms with Crippen molar-refractivity contribution >= 4 is 17.7 Å². The monoisotopic (exact) mass is 317 g/mol. The van der Waals surface area contributed by atoms with Crippen molar-refractivity contribution in [1.82, 2.24) is 10.2 Å². The average molecular weight is 317 g/mol. The minimum absolute atomic E-state index is 0.00522. The van der Waals surface area contributed by atoms with Crippen molar-refractivity contribution in [3.8, 4) is 0 Å². The van der Waals surface area contributed by atoms with Crippen LogP contribution in [0.15, 0.2) is 0 Å². The summed E-state index contributed by atoms with van der Waals surface area (Å²) in [5.41, 5.74) is 5.89. The Hall–Kier alpha value is -0.300. The number of nitrogens with one attached hydrogen (secondary N) is 1. The summed E-state index contributed by atoms with van der Waals surface area (Å²) in [4.78, 5) is 14.4. The molecule has 0 bridgehead atoms. The molecule has 1 aliphatic rings. The number of amides is 1. The van der Waals surface area contributed by atoms with E-state index in [1.807, 2.05) is 6.26 Å². The van der Waals surface area contributed by atoms with Crippen LogP contribution in [0.2, 0.25) is 0 Å². The molecule has 1 rings (SSSR count). The highest BCUT2D eigenvalue weighted by atomic mass is 32.2. The predicted octanol–water partition coefficient (Wildman–Crippen LogP) is 1.07. The summed E-state index contributed by atoms with van der Waals surface area (Å²) in [5, 5.41) is 3.09. The van der Waals surface area contributed by atoms with Gasteiger partial charge < -0.3 is 20.7 Å². The van der Waals surface area contributed by atoms with Crippen molar-refractivity contribution < 1.29 is 9.53 Å². The summed E-state index contributed by atoms with van der Waals surface area (Å²) in [5.74, 6) is 0.939. The van der Waals surface area contributed by atoms with Crippen LogP contribution in [0.4, 0.5) is 0 Å². The second-order valence-electron chi connectivity index (χ2n) is 5.93. The minimum Gasteiger partial charge on any atom is -0.377 e. The second-order valence-corrected chi connectivity index (χ2v) is 6.92. The molecule has 0 unspecified atom stereocenters. The molecule has 124 valence electrons. The fourth-order valence-corrected chi connectivity index (χ4v) is 2.89. The predicted molar refractivity (Wildman–Crippen MR) is 89.7 cm³/mol. The van der Waals surface area contributed by atoms with Crippen molar-refractivity contribution in [3.63, 3.8) is 0 Å². The molecule has 1 saturated heterocycles. The fraction of sp³-hybridized carbons (Fsp3) is 0.933. The van der Waals surface area contributed by atoms with Crippen molar-refractivity contribution in [3.05, 3.63) is 0 Å². The molecule has 5 nitrogen and oxygen atoms in total. The van der Waals surface area contributed by atoms with Gasteiger partial charge in [-0.15, -0.1) is 0 Å². The summed E-state index contributed by atoms with van der Waals surface area (Å²) in [6.07, 6.45) is 5.08. The van der Waals surface area contributed by atoms with E-state index in [1.165, 1.54) is 0 Å². The Labute approximate surface area is 133 Å². The molecule has 1 fully saturated rings. The van der Waals surface area contributed by atoms with Crippen LogP contribution in [-0.4, -0.2) is 67.2 Å². The third kappa shape index (κ3) is 8.04. The van der Waals surface area contributed by atoms with Gasteiger partial charge in [0, 0.05) is 25.7 Å². The molecule has 1 aliphatic heterocycles. The maximum atomic E-state index is 12.0. The van der Waals surface area contributed by atoms with Gasteiger partial charge in [0.05, 0.1) is 18.8 Å². The zero-order valence-corrected chi connectivity index (χ0v) is 14.5. The maximum absolute atomic E-state index is 12.0. The lowest BCUT2D eigenvalue weighted by Gasteiger charge is -2.32. The molecule has 0 spiro atoms. The molecule has 21 heavy (non-hydrogen) atoms. The van der Waals surface area contributed by atoms with Gasteiger partial charge in [-0.25, -0.2) is 0 Å². The summed E-state index contributed by atoms with van der Waals surface area (Å²) >= 11 is 1.72. The van der Waals surface area contributed by atoms with Crippen LogP contribution in [0.1, 0.15) is 33.1 Å². The lowest BCUT2D eigenvalue weighted by molar-refractivity contribution is -0.123. The SMILES string of the molecule is CSCC[C@H](N)C(=O)NC1CCN(CCOC(C)C)CC1. The summed E-state index contributed by atoms with van der Waals surface area (Å²) in [7, 11) is 0. The smallest absolute Gasteiger partial charge is 0.237 e. The van der Waals surface area contributed by atoms with E-state index in [4.69, 9.17) is 10.5 Å². The third-order valence-corrected chi connectivity index (χ3v) is 4.41. The molecule has 0 radical (unpaired) electrons. The third-order valence-electron chi connectivity index (χ3n) is 3.76. The van der Waals surface area contributed by atoms with Crippen molar-refractivity contribution in [2.45, 2.75) is 51.3 Å². The van der Waals surface area contributed by atoms with Gasteiger partial charge in [0.25, 0.3) is 0 Å². The number of nitrogens with two attached hydrogens (primary N) is 1. The molecular weight excluding hydrogens is 286 g/mol. The van der Waals surface area contributed by atoms with E-state index in [-0.39, 0.29) is 18.0 Å². The lowest BCUT2D eigenvalue weighted by Crippen LogP contribution is -2.50. The van der Waals surface area contributed by atoms with Crippen molar-refractivity contribution in [2.75, 3.05) is 38.2 Å². The molecule has 0 aromatic heterocycles. The molecule has 1 amide bonds. The Morgan fingerprint density at radius 1 is 1.43 bits per heavy atom. The number of carbonyl (C=O) groups excluding carboxylic acids is 1. The zero-order chi connectivity index (χ0) is 15.7. The summed E-state index contributed by atoms with van der Waals surface area (Å²) in [6, 6.07) is -0.0879. The highest BCUT2D eigenvalue weighted by Gasteiger charge is 2.22. The number of nitrogens with zero attached hydrogens (tertiary/aromatic N) is 1. The van der Waals surface area contributed by atoms with E-state index in [9.17, 15) is 4.79 Å². The first kappa shape index (κ1) is 18.7. The molecule has 3 N–H and O–H groups in total. The summed E-state index contributed by atoms with van der Waals surface area (Å²) in [6.45, 7) is 7.92. The van der Waals surface area contributed by atoms with Crippen LogP contribution in [0.25, 0.3) is 0 Å². The van der Waals surface area contributed by atoms with Crippen LogP contribution in [0.3, 0.4) is 0 Å². The maximum Gasteiger partial charge on any atom is 0.237 e. The van der Waals surface area contributed by atoms with Crippen LogP contribution in [-0.2, 0) is 9.53 Å². The first-order chi connectivity index (χ1) is 10.0. The molecular formula is C15H31N3O2S. The Balaban J connectivity index is 2.16. The summed E-state index contributed by atoms with van der Waals surface area (Å²) < 4.78 is 5.58. The quantitative estimate of drug-likeness (QED) is 0.666. The van der Waals surface area contributed by atoms with Gasteiger partial charge in [0.1, 0.15) is 0 Å². The molecule has 1 atom stereocenters. The largest absolute Gasteiger partial charge is 0.377 e. The molecule has 6 heteroatoms. The van der Waals surface area contributed by atoms with Gasteiger partial charge in [-0.1, -0.05) is 0 Å². The molecule has 1 heterocycles. The molecule has 0 saturated carbocycles. The Kier molecular flexibility index (Phi) is 9.31. The van der Waals surface area contributed by atoms with Gasteiger partial charge in [-0.2, -0.15) is 11.8 Å². The van der Waals surface area contributed by atoms with Crippen LogP contribution in [0.5, 0.6) is 0 Å². The van der Waals surface area contributed by atoms with Crippen LogP contribution >= 0.6 is 11.8 Å². The van der Waals surface area contributed by atoms with E-state index in [2.05, 4.69) is 24.1 Å². The van der Waals surface area contributed by atoms with E-state index in [0.29, 0.717) is 6.10 Å². The Morgan fingerprint density at radius 2 is 2.10 bits per heavy atom. The normalized spacial score (nSPS) is 18.9. The van der Waals surface area contributed by atoms with E-state index >= 15 is 0 Å². The molecule has 0 aliphatic carbocycles. The Bertz CT molecular complexity index is 295. The second kappa shape index (κ2) is 10.4. The number of carbonyl (C=O) groups is 1. The van der Waals surface area contributed by atoms with Gasteiger partial charge in [0.15, 0.2) is 0 Å². The first-order valence-electron chi connectivity index (χ1n) is 7.91. The number of rotatable bonds is 9. The average Bonchev–Trinajstić information content (AvgIpc) is 2.46. The molecule has 0 aromatic rings. The first-order valence-corrected chi connectivity index (χ1v) is 9.31. The van der Waals surface area contributed by atoms with E-state index < -0.39 is 0 Å². The van der Waals surface area contributed by atoms with Crippen LogP contribution < -0.4 is 11.1 Å². The van der Waals surface area contributed by atoms with Gasteiger partial charge >= 0.3 is 0 Å². The number of hydrogen-bond acceptors (Lipinski definition) is 5. The minimum atomic E-state index is -0.366. The topological polar surface area (TPSA) is 67.6 Å². The Morgan fingerprint density at radius 3 is 2.67 bits per heavy atom. The molecule has 0 aromatic carbocycles. The van der Waals surface area contributed by atoms with Gasteiger partial charge in [-0.3, -0.25) is 4.79 Å². The highest BCUT2D eigenvalue weighted by Crippen LogP contribution is 2.10. The number of ether oxygens (including phenoxy) is 1. The number of hydrogen-bond donors (Lipinski definition) is 2. The lowest BCUT2D eigenvalue weighted by atomic mass is 10.0. The number of thioether (sulfide) groups is 1. The van der Waals surface area contributed by atoms with E-state index in [1.54, 1.807) is 11.8 Å². The van der Waals surface area contributed by atoms with E-state index in [0.717, 1.165) is 51.3 Å². The van der Waals surface area contributed by atoms with Crippen molar-refractivity contribution in [1.29, 1.82) is 0 Å². The number of piperidine rings is 1. The fourth-order valence-electron chi connectivity index (χ4n) is 2.40.